The number of hydrogen-bond donors (Lipinski definition) is 1. The highest BCUT2D eigenvalue weighted by molar-refractivity contribution is 5.31. The largest absolute Gasteiger partial charge is 0.380 e. The van der Waals surface area contributed by atoms with Gasteiger partial charge < -0.3 is 10.1 Å². The highest BCUT2D eigenvalue weighted by atomic mass is 19.1. The molecule has 1 atom stereocenters. The molecule has 16 heavy (non-hydrogen) atoms. The predicted molar refractivity (Wildman–Crippen MR) is 62.0 cm³/mol. The zero-order valence-corrected chi connectivity index (χ0v) is 9.63. The van der Waals surface area contributed by atoms with Crippen molar-refractivity contribution in [2.24, 2.45) is 0 Å². The molecule has 1 saturated heterocycles. The van der Waals surface area contributed by atoms with E-state index >= 15 is 0 Å². The Morgan fingerprint density at radius 2 is 2.38 bits per heavy atom. The molecule has 1 aromatic carbocycles. The molecule has 2 nitrogen and oxygen atoms in total. The Labute approximate surface area is 95.8 Å². The summed E-state index contributed by atoms with van der Waals surface area (Å²) < 4.78 is 18.3. The van der Waals surface area contributed by atoms with Crippen molar-refractivity contribution < 1.29 is 9.13 Å². The lowest BCUT2D eigenvalue weighted by molar-refractivity contribution is 0.183. The second kappa shape index (κ2) is 5.41. The van der Waals surface area contributed by atoms with Gasteiger partial charge in [0.15, 0.2) is 0 Å². The van der Waals surface area contributed by atoms with Crippen LogP contribution in [0.2, 0.25) is 0 Å². The molecule has 0 bridgehead atoms. The topological polar surface area (TPSA) is 21.3 Å². The lowest BCUT2D eigenvalue weighted by Gasteiger charge is -2.25. The Balaban J connectivity index is 2.23. The van der Waals surface area contributed by atoms with Crippen LogP contribution >= 0.6 is 0 Å². The smallest absolute Gasteiger partial charge is 0.123 e. The summed E-state index contributed by atoms with van der Waals surface area (Å²) in [6.07, 6.45) is 2.36. The standard InChI is InChI=1S/C13H18FNO/c1-16-9-11-7-12(14)4-5-13(11)10-3-2-6-15-8-10/h4-5,7,10,15H,2-3,6,8-9H2,1H3. The first-order valence-corrected chi connectivity index (χ1v) is 5.79. The number of ether oxygens (including phenoxy) is 1. The average Bonchev–Trinajstić information content (AvgIpc) is 2.31. The molecule has 0 aliphatic carbocycles. The second-order valence-corrected chi connectivity index (χ2v) is 4.32. The van der Waals surface area contributed by atoms with E-state index in [2.05, 4.69) is 5.32 Å². The number of piperidine rings is 1. The molecular formula is C13H18FNO. The van der Waals surface area contributed by atoms with Crippen molar-refractivity contribution in [3.63, 3.8) is 0 Å². The molecule has 0 spiro atoms. The minimum Gasteiger partial charge on any atom is -0.380 e. The Hall–Kier alpha value is -0.930. The Kier molecular flexibility index (Phi) is 3.91. The summed E-state index contributed by atoms with van der Waals surface area (Å²) in [7, 11) is 1.65. The van der Waals surface area contributed by atoms with Gasteiger partial charge in [0.1, 0.15) is 5.82 Å². The third-order valence-corrected chi connectivity index (χ3v) is 3.14. The number of benzene rings is 1. The summed E-state index contributed by atoms with van der Waals surface area (Å²) in [5.41, 5.74) is 2.21. The highest BCUT2D eigenvalue weighted by Gasteiger charge is 2.18. The molecule has 1 aliphatic heterocycles. The first-order chi connectivity index (χ1) is 7.81. The van der Waals surface area contributed by atoms with Crippen LogP contribution in [-0.2, 0) is 11.3 Å². The summed E-state index contributed by atoms with van der Waals surface area (Å²) in [4.78, 5) is 0. The Morgan fingerprint density at radius 3 is 3.06 bits per heavy atom. The van der Waals surface area contributed by atoms with Crippen molar-refractivity contribution in [1.82, 2.24) is 5.32 Å². The van der Waals surface area contributed by atoms with E-state index in [0.717, 1.165) is 18.7 Å². The fraction of sp³-hybridized carbons (Fsp3) is 0.538. The maximum atomic E-state index is 13.2. The van der Waals surface area contributed by atoms with E-state index in [1.807, 2.05) is 6.07 Å². The third kappa shape index (κ3) is 2.60. The highest BCUT2D eigenvalue weighted by Crippen LogP contribution is 2.27. The van der Waals surface area contributed by atoms with Gasteiger partial charge >= 0.3 is 0 Å². The van der Waals surface area contributed by atoms with E-state index in [4.69, 9.17) is 4.74 Å². The number of methoxy groups -OCH3 is 1. The van der Waals surface area contributed by atoms with Gasteiger partial charge in [-0.1, -0.05) is 6.07 Å². The fourth-order valence-electron chi connectivity index (χ4n) is 2.37. The van der Waals surface area contributed by atoms with Crippen LogP contribution in [0.4, 0.5) is 4.39 Å². The second-order valence-electron chi connectivity index (χ2n) is 4.32. The normalized spacial score (nSPS) is 21.0. The summed E-state index contributed by atoms with van der Waals surface area (Å²) in [5, 5.41) is 3.38. The maximum Gasteiger partial charge on any atom is 0.123 e. The van der Waals surface area contributed by atoms with Gasteiger partial charge in [-0.15, -0.1) is 0 Å². The van der Waals surface area contributed by atoms with Crippen molar-refractivity contribution in [3.05, 3.63) is 35.1 Å². The summed E-state index contributed by atoms with van der Waals surface area (Å²) in [6.45, 7) is 2.57. The predicted octanol–water partition coefficient (Wildman–Crippen LogP) is 2.44. The van der Waals surface area contributed by atoms with Crippen LogP contribution in [0.15, 0.2) is 18.2 Å². The van der Waals surface area contributed by atoms with Gasteiger partial charge in [-0.3, -0.25) is 0 Å². The van der Waals surface area contributed by atoms with E-state index in [1.165, 1.54) is 18.4 Å². The lowest BCUT2D eigenvalue weighted by atomic mass is 9.88. The molecular weight excluding hydrogens is 205 g/mol. The molecule has 1 N–H and O–H groups in total. The molecule has 2 rings (SSSR count). The van der Waals surface area contributed by atoms with Crippen molar-refractivity contribution in [2.75, 3.05) is 20.2 Å². The van der Waals surface area contributed by atoms with Crippen molar-refractivity contribution in [3.8, 4) is 0 Å². The number of rotatable bonds is 3. The molecule has 0 saturated carbocycles. The zero-order valence-electron chi connectivity index (χ0n) is 9.63. The van der Waals surface area contributed by atoms with Gasteiger partial charge in [0.2, 0.25) is 0 Å². The van der Waals surface area contributed by atoms with Crippen LogP contribution in [0.1, 0.15) is 29.9 Å². The van der Waals surface area contributed by atoms with E-state index in [0.29, 0.717) is 12.5 Å². The van der Waals surface area contributed by atoms with Gasteiger partial charge in [0, 0.05) is 13.7 Å². The molecule has 1 fully saturated rings. The van der Waals surface area contributed by atoms with Crippen LogP contribution in [-0.4, -0.2) is 20.2 Å². The number of nitrogens with one attached hydrogen (secondary N) is 1. The summed E-state index contributed by atoms with van der Waals surface area (Å²) >= 11 is 0. The molecule has 1 aliphatic rings. The quantitative estimate of drug-likeness (QED) is 0.849. The molecule has 1 aromatic rings. The number of hydrogen-bond acceptors (Lipinski definition) is 2. The summed E-state index contributed by atoms with van der Waals surface area (Å²) in [5.74, 6) is 0.319. The minimum atomic E-state index is -0.181. The van der Waals surface area contributed by atoms with E-state index in [9.17, 15) is 4.39 Å². The molecule has 0 amide bonds. The zero-order chi connectivity index (χ0) is 11.4. The average molecular weight is 223 g/mol. The molecule has 0 aromatic heterocycles. The molecule has 3 heteroatoms. The van der Waals surface area contributed by atoms with E-state index in [1.54, 1.807) is 19.2 Å². The molecule has 1 heterocycles. The van der Waals surface area contributed by atoms with Crippen LogP contribution in [0.25, 0.3) is 0 Å². The van der Waals surface area contributed by atoms with E-state index in [-0.39, 0.29) is 5.82 Å². The molecule has 0 radical (unpaired) electrons. The van der Waals surface area contributed by atoms with Crippen LogP contribution in [0.5, 0.6) is 0 Å². The van der Waals surface area contributed by atoms with Gasteiger partial charge in [-0.05, 0) is 48.6 Å². The van der Waals surface area contributed by atoms with Gasteiger partial charge in [-0.2, -0.15) is 0 Å². The molecule has 88 valence electrons. The molecule has 1 unspecified atom stereocenters. The first-order valence-electron chi connectivity index (χ1n) is 5.79. The minimum absolute atomic E-state index is 0.181. The fourth-order valence-corrected chi connectivity index (χ4v) is 2.37. The monoisotopic (exact) mass is 223 g/mol. The maximum absolute atomic E-state index is 13.2. The van der Waals surface area contributed by atoms with Crippen LogP contribution in [0.3, 0.4) is 0 Å². The van der Waals surface area contributed by atoms with Crippen molar-refractivity contribution >= 4 is 0 Å². The first kappa shape index (κ1) is 11.6. The van der Waals surface area contributed by atoms with Gasteiger partial charge in [0.05, 0.1) is 6.61 Å². The van der Waals surface area contributed by atoms with Crippen LogP contribution < -0.4 is 5.32 Å². The van der Waals surface area contributed by atoms with Crippen molar-refractivity contribution in [2.45, 2.75) is 25.4 Å². The summed E-state index contributed by atoms with van der Waals surface area (Å²) in [6, 6.07) is 5.04. The van der Waals surface area contributed by atoms with Gasteiger partial charge in [-0.25, -0.2) is 4.39 Å². The third-order valence-electron chi connectivity index (χ3n) is 3.14. The van der Waals surface area contributed by atoms with Crippen LogP contribution in [0, 0.1) is 5.82 Å². The van der Waals surface area contributed by atoms with Gasteiger partial charge in [0.25, 0.3) is 0 Å². The van der Waals surface area contributed by atoms with E-state index < -0.39 is 0 Å². The lowest BCUT2D eigenvalue weighted by Crippen LogP contribution is -2.29. The number of halogens is 1. The Morgan fingerprint density at radius 1 is 1.50 bits per heavy atom. The SMILES string of the molecule is COCc1cc(F)ccc1C1CCCNC1. The Bertz CT molecular complexity index is 348. The van der Waals surface area contributed by atoms with Crippen molar-refractivity contribution in [1.29, 1.82) is 0 Å².